The molecular weight excluding hydrogens is 257 g/mol. The Morgan fingerprint density at radius 1 is 1.25 bits per heavy atom. The summed E-state index contributed by atoms with van der Waals surface area (Å²) in [5.41, 5.74) is 1.50. The molecule has 2 aliphatic rings. The molecule has 0 aromatic carbocycles. The van der Waals surface area contributed by atoms with E-state index < -0.39 is 0 Å². The first kappa shape index (κ1) is 12.4. The second-order valence-corrected chi connectivity index (χ2v) is 3.22. The van der Waals surface area contributed by atoms with Crippen LogP contribution in [0.1, 0.15) is 32.1 Å². The van der Waals surface area contributed by atoms with Gasteiger partial charge in [-0.2, -0.15) is 6.08 Å². The molecule has 0 saturated heterocycles. The van der Waals surface area contributed by atoms with Crippen molar-refractivity contribution in [2.75, 3.05) is 0 Å². The molecule has 0 aliphatic heterocycles. The van der Waals surface area contributed by atoms with Crippen LogP contribution >= 0.6 is 12.4 Å². The summed E-state index contributed by atoms with van der Waals surface area (Å²) < 4.78 is 0. The normalized spacial score (nSPS) is 21.5. The zero-order valence-corrected chi connectivity index (χ0v) is 9.58. The zero-order chi connectivity index (χ0) is 6.81. The minimum absolute atomic E-state index is 0. The Balaban J connectivity index is 0.000000605. The quantitative estimate of drug-likeness (QED) is 0.507. The van der Waals surface area contributed by atoms with E-state index in [1.54, 1.807) is 0 Å². The van der Waals surface area contributed by atoms with Crippen molar-refractivity contribution < 1.29 is 19.5 Å². The largest absolute Gasteiger partial charge is 1.00 e. The summed E-state index contributed by atoms with van der Waals surface area (Å²) in [6.45, 7) is 0. The minimum atomic E-state index is 0. The van der Waals surface area contributed by atoms with Gasteiger partial charge < -0.3 is 0 Å². The molecule has 0 aromatic rings. The van der Waals surface area contributed by atoms with E-state index in [9.17, 15) is 0 Å². The summed E-state index contributed by atoms with van der Waals surface area (Å²) in [6, 6.07) is 0. The van der Waals surface area contributed by atoms with E-state index in [1.807, 2.05) is 0 Å². The fraction of sp³-hybridized carbons (Fsp3) is 0.600. The minimum Gasteiger partial charge on any atom is -0.269 e. The van der Waals surface area contributed by atoms with E-state index in [0.29, 0.717) is 0 Å². The van der Waals surface area contributed by atoms with Crippen molar-refractivity contribution in [3.05, 3.63) is 23.8 Å². The third-order valence-electron chi connectivity index (χ3n) is 2.52. The molecule has 1 radical (unpaired) electrons. The fourth-order valence-electron chi connectivity index (χ4n) is 1.94. The van der Waals surface area contributed by atoms with E-state index in [1.165, 1.54) is 31.3 Å². The second kappa shape index (κ2) is 5.94. The summed E-state index contributed by atoms with van der Waals surface area (Å²) >= 11 is 0. The Hall–Kier alpha value is 0.393. The van der Waals surface area contributed by atoms with Gasteiger partial charge in [0.15, 0.2) is 0 Å². The summed E-state index contributed by atoms with van der Waals surface area (Å²) in [5, 5.41) is 0. The summed E-state index contributed by atoms with van der Waals surface area (Å²) in [6.07, 6.45) is 14.6. The third-order valence-corrected chi connectivity index (χ3v) is 2.52. The standard InChI is InChI=1S/C10H13.ClH.Ru/c1-2-6-9(5-1)10-7-3-4-8-10;;/h1,5,10H,2-4,7-8H2;1H;/q-1;;+1. The monoisotopic (exact) mass is 271 g/mol. The Kier molecular flexibility index (Phi) is 6.14. The van der Waals surface area contributed by atoms with Crippen LogP contribution in [0.5, 0.6) is 0 Å². The van der Waals surface area contributed by atoms with Crippen molar-refractivity contribution >= 4 is 12.4 Å². The predicted molar refractivity (Wildman–Crippen MR) is 49.7 cm³/mol. The molecule has 0 amide bonds. The molecule has 0 spiro atoms. The molecular formula is C10H14ClRu. The second-order valence-electron chi connectivity index (χ2n) is 3.22. The van der Waals surface area contributed by atoms with Crippen molar-refractivity contribution in [2.45, 2.75) is 32.1 Å². The van der Waals surface area contributed by atoms with Crippen LogP contribution in [0.3, 0.4) is 0 Å². The van der Waals surface area contributed by atoms with Crippen LogP contribution < -0.4 is 0 Å². The number of hydrogen-bond donors (Lipinski definition) is 0. The summed E-state index contributed by atoms with van der Waals surface area (Å²) in [7, 11) is 0. The molecule has 69 valence electrons. The maximum absolute atomic E-state index is 3.40. The van der Waals surface area contributed by atoms with Crippen molar-refractivity contribution in [1.29, 1.82) is 0 Å². The molecule has 0 nitrogen and oxygen atoms in total. The van der Waals surface area contributed by atoms with Crippen molar-refractivity contribution in [3.63, 3.8) is 0 Å². The number of allylic oxidation sites excluding steroid dienone is 4. The van der Waals surface area contributed by atoms with Crippen LogP contribution in [0.25, 0.3) is 0 Å². The predicted octanol–water partition coefficient (Wildman–Crippen LogP) is 3.29. The molecule has 2 rings (SSSR count). The average molecular weight is 271 g/mol. The summed E-state index contributed by atoms with van der Waals surface area (Å²) in [4.78, 5) is 0. The van der Waals surface area contributed by atoms with E-state index in [-0.39, 0.29) is 31.9 Å². The van der Waals surface area contributed by atoms with Gasteiger partial charge in [0.2, 0.25) is 0 Å². The number of hydrogen-bond acceptors (Lipinski definition) is 0. The van der Waals surface area contributed by atoms with Crippen LogP contribution in [-0.2, 0) is 19.5 Å². The fourth-order valence-corrected chi connectivity index (χ4v) is 1.94. The van der Waals surface area contributed by atoms with Crippen molar-refractivity contribution in [3.8, 4) is 0 Å². The Bertz CT molecular complexity index is 178. The van der Waals surface area contributed by atoms with Gasteiger partial charge in [-0.1, -0.05) is 12.8 Å². The van der Waals surface area contributed by atoms with Gasteiger partial charge in [0.05, 0.1) is 0 Å². The maximum Gasteiger partial charge on any atom is 1.00 e. The molecule has 0 N–H and O–H groups in total. The smallest absolute Gasteiger partial charge is 0.269 e. The molecule has 0 heterocycles. The first-order valence-corrected chi connectivity index (χ1v) is 4.24. The van der Waals surface area contributed by atoms with Gasteiger partial charge in [-0.15, -0.1) is 18.8 Å². The Labute approximate surface area is 93.7 Å². The number of rotatable bonds is 1. The molecule has 1 fully saturated rings. The molecule has 12 heavy (non-hydrogen) atoms. The maximum atomic E-state index is 3.40. The van der Waals surface area contributed by atoms with Gasteiger partial charge in [0.1, 0.15) is 0 Å². The van der Waals surface area contributed by atoms with Crippen molar-refractivity contribution in [1.82, 2.24) is 0 Å². The van der Waals surface area contributed by atoms with Gasteiger partial charge in [-0.05, 0) is 18.8 Å². The van der Waals surface area contributed by atoms with E-state index in [0.717, 1.165) is 12.3 Å². The average Bonchev–Trinajstić information content (AvgIpc) is 2.59. The van der Waals surface area contributed by atoms with Crippen LogP contribution in [0.4, 0.5) is 0 Å². The SMILES string of the molecule is Cl.[C-]1=C(C2CCCC2)C=CC1.[Ru+]. The van der Waals surface area contributed by atoms with E-state index in [4.69, 9.17) is 0 Å². The van der Waals surface area contributed by atoms with Crippen LogP contribution in [0.15, 0.2) is 17.7 Å². The van der Waals surface area contributed by atoms with Gasteiger partial charge in [0, 0.05) is 0 Å². The first-order valence-electron chi connectivity index (χ1n) is 4.24. The van der Waals surface area contributed by atoms with Crippen LogP contribution in [-0.4, -0.2) is 0 Å². The van der Waals surface area contributed by atoms with Crippen molar-refractivity contribution in [2.24, 2.45) is 5.92 Å². The van der Waals surface area contributed by atoms with Gasteiger partial charge in [-0.3, -0.25) is 6.08 Å². The molecule has 0 bridgehead atoms. The van der Waals surface area contributed by atoms with E-state index in [2.05, 4.69) is 18.2 Å². The van der Waals surface area contributed by atoms with E-state index >= 15 is 0 Å². The van der Waals surface area contributed by atoms with Gasteiger partial charge in [0.25, 0.3) is 0 Å². The van der Waals surface area contributed by atoms with Gasteiger partial charge in [-0.25, -0.2) is 11.6 Å². The Morgan fingerprint density at radius 3 is 2.42 bits per heavy atom. The topological polar surface area (TPSA) is 0 Å². The van der Waals surface area contributed by atoms with Crippen LogP contribution in [0.2, 0.25) is 0 Å². The van der Waals surface area contributed by atoms with Crippen LogP contribution in [0, 0.1) is 12.0 Å². The summed E-state index contributed by atoms with van der Waals surface area (Å²) in [5.74, 6) is 0.874. The molecule has 0 aromatic heterocycles. The molecule has 1 saturated carbocycles. The molecule has 0 unspecified atom stereocenters. The third kappa shape index (κ3) is 2.71. The number of halogens is 1. The molecule has 2 heteroatoms. The molecule has 0 atom stereocenters. The van der Waals surface area contributed by atoms with Gasteiger partial charge >= 0.3 is 19.5 Å². The zero-order valence-electron chi connectivity index (χ0n) is 7.03. The Morgan fingerprint density at radius 2 is 1.92 bits per heavy atom. The first-order chi connectivity index (χ1) is 4.97. The molecule has 2 aliphatic carbocycles.